The molecule has 0 saturated carbocycles. The van der Waals surface area contributed by atoms with Crippen LogP contribution in [-0.2, 0) is 9.59 Å². The fourth-order valence-corrected chi connectivity index (χ4v) is 6.13. The number of rotatable bonds is 12. The molecule has 6 nitrogen and oxygen atoms in total. The van der Waals surface area contributed by atoms with E-state index in [0.717, 1.165) is 32.1 Å². The molecule has 220 valence electrons. The zero-order valence-electron chi connectivity index (χ0n) is 23.7. The van der Waals surface area contributed by atoms with Crippen molar-refractivity contribution in [3.05, 3.63) is 69.7 Å². The maximum Gasteiger partial charge on any atom is 0.222 e. The van der Waals surface area contributed by atoms with Gasteiger partial charge in [-0.1, -0.05) is 42.5 Å². The molecule has 0 aromatic heterocycles. The average Bonchev–Trinajstić information content (AvgIpc) is 3.00. The largest absolute Gasteiger partial charge is 0.343 e. The van der Waals surface area contributed by atoms with Gasteiger partial charge in [-0.3, -0.25) is 19.2 Å². The molecule has 0 spiro atoms. The third kappa shape index (κ3) is 9.14. The van der Waals surface area contributed by atoms with Crippen molar-refractivity contribution in [2.75, 3.05) is 26.2 Å². The van der Waals surface area contributed by atoms with E-state index in [-0.39, 0.29) is 35.2 Å². The Balaban J connectivity index is 1.03. The average molecular weight is 600 g/mol. The molecule has 0 aliphatic carbocycles. The minimum Gasteiger partial charge on any atom is -0.343 e. The molecule has 0 radical (unpaired) electrons. The molecule has 0 N–H and O–H groups in total. The third-order valence-corrected chi connectivity index (χ3v) is 8.98. The van der Waals surface area contributed by atoms with Gasteiger partial charge in [0, 0.05) is 72.0 Å². The normalized spacial score (nSPS) is 16.5. The molecule has 4 rings (SSSR count). The predicted octanol–water partition coefficient (Wildman–Crippen LogP) is 7.27. The molecule has 8 heteroatoms. The van der Waals surface area contributed by atoms with Crippen LogP contribution in [0, 0.1) is 11.8 Å². The second kappa shape index (κ2) is 15.5. The molecule has 2 aliphatic rings. The van der Waals surface area contributed by atoms with E-state index in [9.17, 15) is 19.2 Å². The summed E-state index contributed by atoms with van der Waals surface area (Å²) in [7, 11) is 0. The molecule has 0 bridgehead atoms. The van der Waals surface area contributed by atoms with Crippen molar-refractivity contribution in [1.82, 2.24) is 9.80 Å². The summed E-state index contributed by atoms with van der Waals surface area (Å²) in [5.74, 6) is 0.560. The Hall–Kier alpha value is -2.70. The second-order valence-electron chi connectivity index (χ2n) is 11.3. The van der Waals surface area contributed by atoms with Crippen molar-refractivity contribution in [1.29, 1.82) is 0 Å². The summed E-state index contributed by atoms with van der Waals surface area (Å²) in [4.78, 5) is 54.5. The van der Waals surface area contributed by atoms with Crippen LogP contribution in [-0.4, -0.2) is 59.4 Å². The molecule has 2 saturated heterocycles. The lowest BCUT2D eigenvalue weighted by Crippen LogP contribution is -2.40. The van der Waals surface area contributed by atoms with Crippen LogP contribution < -0.4 is 0 Å². The van der Waals surface area contributed by atoms with Crippen LogP contribution in [0.1, 0.15) is 91.3 Å². The topological polar surface area (TPSA) is 74.8 Å². The summed E-state index contributed by atoms with van der Waals surface area (Å²) >= 11 is 11.8. The first-order chi connectivity index (χ1) is 19.8. The Morgan fingerprint density at radius 2 is 0.854 bits per heavy atom. The van der Waals surface area contributed by atoms with E-state index in [2.05, 4.69) is 0 Å². The van der Waals surface area contributed by atoms with E-state index >= 15 is 0 Å². The highest BCUT2D eigenvalue weighted by Gasteiger charge is 2.29. The highest BCUT2D eigenvalue weighted by molar-refractivity contribution is 6.31. The fourth-order valence-electron chi connectivity index (χ4n) is 5.88. The number of piperidine rings is 2. The van der Waals surface area contributed by atoms with Gasteiger partial charge in [0.1, 0.15) is 0 Å². The van der Waals surface area contributed by atoms with E-state index in [1.54, 1.807) is 48.5 Å². The minimum atomic E-state index is -0.0360. The van der Waals surface area contributed by atoms with Gasteiger partial charge in [0.15, 0.2) is 11.6 Å². The van der Waals surface area contributed by atoms with E-state index < -0.39 is 0 Å². The minimum absolute atomic E-state index is 0.0360. The molecule has 41 heavy (non-hydrogen) atoms. The molecule has 2 aliphatic heterocycles. The summed E-state index contributed by atoms with van der Waals surface area (Å²) in [6.07, 6.45) is 8.57. The number of unbranched alkanes of at least 4 members (excludes halogenated alkanes) is 4. The SMILES string of the molecule is O=C(c1ccc(Cl)cc1)C1CCN(C(=O)CCCCCCCC(=O)N2CCC(C(=O)c3ccc(Cl)cc3)CC2)CC1. The summed E-state index contributed by atoms with van der Waals surface area (Å²) in [5, 5.41) is 1.24. The van der Waals surface area contributed by atoms with Gasteiger partial charge >= 0.3 is 0 Å². The lowest BCUT2D eigenvalue weighted by molar-refractivity contribution is -0.133. The number of Topliss-reactive ketones (excluding diaryl/α,β-unsaturated/α-hetero) is 2. The zero-order valence-corrected chi connectivity index (χ0v) is 25.2. The zero-order chi connectivity index (χ0) is 29.2. The Kier molecular flexibility index (Phi) is 11.8. The van der Waals surface area contributed by atoms with Gasteiger partial charge in [0.25, 0.3) is 0 Å². The van der Waals surface area contributed by atoms with Crippen LogP contribution in [0.5, 0.6) is 0 Å². The molecule has 2 amide bonds. The molecule has 0 unspecified atom stereocenters. The van der Waals surface area contributed by atoms with Crippen molar-refractivity contribution in [2.24, 2.45) is 11.8 Å². The third-order valence-electron chi connectivity index (χ3n) is 8.48. The van der Waals surface area contributed by atoms with Crippen LogP contribution in [0.15, 0.2) is 48.5 Å². The molecular formula is C33H40Cl2N2O4. The molecule has 2 aromatic rings. The Morgan fingerprint density at radius 1 is 0.537 bits per heavy atom. The van der Waals surface area contributed by atoms with Crippen molar-refractivity contribution in [3.8, 4) is 0 Å². The van der Waals surface area contributed by atoms with Gasteiger partial charge in [-0.15, -0.1) is 0 Å². The maximum absolute atomic E-state index is 12.7. The standard InChI is InChI=1S/C33H40Cl2N2O4/c34-28-12-8-24(9-13-28)32(40)26-16-20-36(21-17-26)30(38)6-4-2-1-3-5-7-31(39)37-22-18-27(19-23-37)33(41)25-10-14-29(35)15-11-25/h8-15,26-27H,1-7,16-23H2. The number of hydrogen-bond acceptors (Lipinski definition) is 4. The van der Waals surface area contributed by atoms with E-state index in [0.29, 0.717) is 85.9 Å². The van der Waals surface area contributed by atoms with E-state index in [4.69, 9.17) is 23.2 Å². The van der Waals surface area contributed by atoms with Gasteiger partial charge < -0.3 is 9.80 Å². The number of carbonyl (C=O) groups excluding carboxylic acids is 4. The maximum atomic E-state index is 12.7. The van der Waals surface area contributed by atoms with Crippen molar-refractivity contribution < 1.29 is 19.2 Å². The van der Waals surface area contributed by atoms with Gasteiger partial charge in [0.05, 0.1) is 0 Å². The van der Waals surface area contributed by atoms with Crippen LogP contribution in [0.2, 0.25) is 10.0 Å². The number of nitrogens with zero attached hydrogens (tertiary/aromatic N) is 2. The first kappa shape index (κ1) is 31.2. The summed E-state index contributed by atoms with van der Waals surface area (Å²) in [6.45, 7) is 2.55. The number of benzene rings is 2. The number of ketones is 2. The predicted molar refractivity (Wildman–Crippen MR) is 162 cm³/mol. The van der Waals surface area contributed by atoms with Gasteiger partial charge in [-0.05, 0) is 87.1 Å². The molecular weight excluding hydrogens is 559 g/mol. The van der Waals surface area contributed by atoms with Crippen LogP contribution in [0.4, 0.5) is 0 Å². The van der Waals surface area contributed by atoms with Crippen LogP contribution >= 0.6 is 23.2 Å². The number of carbonyl (C=O) groups is 4. The number of likely N-dealkylation sites (tertiary alicyclic amines) is 2. The summed E-state index contributed by atoms with van der Waals surface area (Å²) in [6, 6.07) is 14.0. The summed E-state index contributed by atoms with van der Waals surface area (Å²) in [5.41, 5.74) is 1.37. The smallest absolute Gasteiger partial charge is 0.222 e. The van der Waals surface area contributed by atoms with Crippen molar-refractivity contribution >= 4 is 46.6 Å². The monoisotopic (exact) mass is 598 g/mol. The lowest BCUT2D eigenvalue weighted by Gasteiger charge is -2.31. The number of halogens is 2. The molecule has 2 aromatic carbocycles. The first-order valence-electron chi connectivity index (χ1n) is 15.0. The van der Waals surface area contributed by atoms with Crippen molar-refractivity contribution in [3.63, 3.8) is 0 Å². The van der Waals surface area contributed by atoms with Gasteiger partial charge in [0.2, 0.25) is 11.8 Å². The van der Waals surface area contributed by atoms with E-state index in [1.165, 1.54) is 0 Å². The molecule has 2 heterocycles. The molecule has 2 fully saturated rings. The fraction of sp³-hybridized carbons (Fsp3) is 0.515. The Bertz CT molecular complexity index is 1090. The second-order valence-corrected chi connectivity index (χ2v) is 12.2. The number of amides is 2. The van der Waals surface area contributed by atoms with E-state index in [1.807, 2.05) is 9.80 Å². The first-order valence-corrected chi connectivity index (χ1v) is 15.7. The highest BCUT2D eigenvalue weighted by Crippen LogP contribution is 2.25. The quantitative estimate of drug-likeness (QED) is 0.190. The Labute approximate surface area is 253 Å². The van der Waals surface area contributed by atoms with Gasteiger partial charge in [-0.25, -0.2) is 0 Å². The van der Waals surface area contributed by atoms with Crippen LogP contribution in [0.3, 0.4) is 0 Å². The van der Waals surface area contributed by atoms with Crippen molar-refractivity contribution in [2.45, 2.75) is 70.6 Å². The highest BCUT2D eigenvalue weighted by atomic mass is 35.5. The van der Waals surface area contributed by atoms with Crippen LogP contribution in [0.25, 0.3) is 0 Å². The lowest BCUT2D eigenvalue weighted by atomic mass is 9.88. The summed E-state index contributed by atoms with van der Waals surface area (Å²) < 4.78 is 0. The number of hydrogen-bond donors (Lipinski definition) is 0. The molecule has 0 atom stereocenters. The Morgan fingerprint density at radius 3 is 1.20 bits per heavy atom. The van der Waals surface area contributed by atoms with Gasteiger partial charge in [-0.2, -0.15) is 0 Å².